The van der Waals surface area contributed by atoms with Gasteiger partial charge < -0.3 is 5.32 Å². The largest absolute Gasteiger partial charge is 0.301 e. The van der Waals surface area contributed by atoms with Gasteiger partial charge in [0.1, 0.15) is 5.01 Å². The maximum absolute atomic E-state index is 4.57. The summed E-state index contributed by atoms with van der Waals surface area (Å²) in [4.78, 5) is 4.57. The van der Waals surface area contributed by atoms with Gasteiger partial charge in [0, 0.05) is 17.1 Å². The van der Waals surface area contributed by atoms with Crippen LogP contribution in [0.1, 0.15) is 49.1 Å². The number of hydrogen-bond donors (Lipinski definition) is 1. The Labute approximate surface area is 119 Å². The van der Waals surface area contributed by atoms with Crippen molar-refractivity contribution in [2.24, 2.45) is 5.92 Å². The molecule has 0 fully saturated rings. The smallest absolute Gasteiger partial charge is 0.110 e. The lowest BCUT2D eigenvalue weighted by Crippen LogP contribution is -2.28. The van der Waals surface area contributed by atoms with Crippen LogP contribution in [0.3, 0.4) is 0 Å². The molecule has 1 aromatic heterocycles. The van der Waals surface area contributed by atoms with E-state index < -0.39 is 0 Å². The summed E-state index contributed by atoms with van der Waals surface area (Å²) in [6.45, 7) is 8.75. The number of nitrogens with one attached hydrogen (secondary N) is 1. The number of rotatable bonds is 5. The topological polar surface area (TPSA) is 24.9 Å². The molecule has 0 amide bonds. The highest BCUT2D eigenvalue weighted by Crippen LogP contribution is 2.26. The van der Waals surface area contributed by atoms with Crippen LogP contribution in [-0.4, -0.2) is 4.98 Å². The Morgan fingerprint density at radius 2 is 1.79 bits per heavy atom. The SMILES string of the molecule is Cc1csc(C(C)NC(c2ccccc2)C(C)C)n1. The summed E-state index contributed by atoms with van der Waals surface area (Å²) < 4.78 is 0. The predicted octanol–water partition coefficient (Wildman–Crippen LogP) is 4.50. The minimum Gasteiger partial charge on any atom is -0.301 e. The van der Waals surface area contributed by atoms with Crippen molar-refractivity contribution in [1.29, 1.82) is 0 Å². The van der Waals surface area contributed by atoms with E-state index in [0.29, 0.717) is 12.0 Å². The van der Waals surface area contributed by atoms with E-state index in [-0.39, 0.29) is 6.04 Å². The number of thiazole rings is 1. The van der Waals surface area contributed by atoms with Crippen molar-refractivity contribution in [2.45, 2.75) is 39.8 Å². The molecule has 0 aliphatic heterocycles. The zero-order valence-corrected chi connectivity index (χ0v) is 12.9. The molecule has 1 N–H and O–H groups in total. The van der Waals surface area contributed by atoms with Gasteiger partial charge in [0.05, 0.1) is 6.04 Å². The van der Waals surface area contributed by atoms with Gasteiger partial charge in [0.2, 0.25) is 0 Å². The maximum atomic E-state index is 4.57. The molecule has 2 rings (SSSR count). The zero-order chi connectivity index (χ0) is 13.8. The van der Waals surface area contributed by atoms with Crippen molar-refractivity contribution in [3.8, 4) is 0 Å². The minimum atomic E-state index is 0.284. The van der Waals surface area contributed by atoms with E-state index in [1.807, 2.05) is 6.92 Å². The van der Waals surface area contributed by atoms with Gasteiger partial charge in [-0.3, -0.25) is 0 Å². The second-order valence-corrected chi connectivity index (χ2v) is 6.24. The van der Waals surface area contributed by atoms with Crippen LogP contribution >= 0.6 is 11.3 Å². The van der Waals surface area contributed by atoms with Crippen LogP contribution in [0.25, 0.3) is 0 Å². The van der Waals surface area contributed by atoms with E-state index in [2.05, 4.69) is 66.8 Å². The van der Waals surface area contributed by atoms with Crippen molar-refractivity contribution in [1.82, 2.24) is 10.3 Å². The van der Waals surface area contributed by atoms with Gasteiger partial charge in [-0.25, -0.2) is 4.98 Å². The molecule has 0 saturated carbocycles. The number of aryl methyl sites for hydroxylation is 1. The van der Waals surface area contributed by atoms with Crippen LogP contribution < -0.4 is 5.32 Å². The molecule has 19 heavy (non-hydrogen) atoms. The first-order valence-corrected chi connectivity index (χ1v) is 7.69. The average Bonchev–Trinajstić information content (AvgIpc) is 2.83. The normalized spacial score (nSPS) is 14.6. The Kier molecular flexibility index (Phi) is 4.72. The molecule has 2 nitrogen and oxygen atoms in total. The first-order chi connectivity index (χ1) is 9.08. The Bertz CT molecular complexity index is 504. The van der Waals surface area contributed by atoms with Crippen molar-refractivity contribution >= 4 is 11.3 Å². The first-order valence-electron chi connectivity index (χ1n) is 6.81. The zero-order valence-electron chi connectivity index (χ0n) is 12.1. The summed E-state index contributed by atoms with van der Waals surface area (Å²) in [5, 5.41) is 6.99. The number of nitrogens with zero attached hydrogens (tertiary/aromatic N) is 1. The molecule has 0 bridgehead atoms. The van der Waals surface area contributed by atoms with Crippen LogP contribution in [0.15, 0.2) is 35.7 Å². The van der Waals surface area contributed by atoms with Crippen LogP contribution in [0.2, 0.25) is 0 Å². The molecule has 2 aromatic rings. The van der Waals surface area contributed by atoms with Crippen molar-refractivity contribution in [3.05, 3.63) is 52.0 Å². The van der Waals surface area contributed by atoms with E-state index in [4.69, 9.17) is 0 Å². The molecule has 0 aliphatic rings. The van der Waals surface area contributed by atoms with Gasteiger partial charge in [-0.15, -0.1) is 11.3 Å². The molecule has 1 aromatic carbocycles. The highest BCUT2D eigenvalue weighted by Gasteiger charge is 2.19. The van der Waals surface area contributed by atoms with Gasteiger partial charge in [-0.05, 0) is 25.3 Å². The predicted molar refractivity (Wildman–Crippen MR) is 82.4 cm³/mol. The summed E-state index contributed by atoms with van der Waals surface area (Å²) in [7, 11) is 0. The van der Waals surface area contributed by atoms with Crippen molar-refractivity contribution in [2.75, 3.05) is 0 Å². The first kappa shape index (κ1) is 14.2. The second kappa shape index (κ2) is 6.31. The minimum absolute atomic E-state index is 0.284. The lowest BCUT2D eigenvalue weighted by atomic mass is 9.95. The van der Waals surface area contributed by atoms with Crippen molar-refractivity contribution in [3.63, 3.8) is 0 Å². The van der Waals surface area contributed by atoms with Crippen LogP contribution in [0.5, 0.6) is 0 Å². The summed E-state index contributed by atoms with van der Waals surface area (Å²) >= 11 is 1.73. The van der Waals surface area contributed by atoms with E-state index in [9.17, 15) is 0 Å². The molecule has 2 unspecified atom stereocenters. The van der Waals surface area contributed by atoms with E-state index in [1.165, 1.54) is 10.6 Å². The number of aromatic nitrogens is 1. The lowest BCUT2D eigenvalue weighted by Gasteiger charge is -2.26. The van der Waals surface area contributed by atoms with E-state index >= 15 is 0 Å². The van der Waals surface area contributed by atoms with Crippen LogP contribution in [0.4, 0.5) is 0 Å². The van der Waals surface area contributed by atoms with E-state index in [0.717, 1.165) is 5.69 Å². The second-order valence-electron chi connectivity index (χ2n) is 5.35. The van der Waals surface area contributed by atoms with Crippen LogP contribution in [-0.2, 0) is 0 Å². The summed E-state index contributed by atoms with van der Waals surface area (Å²) in [6, 6.07) is 11.3. The Balaban J connectivity index is 2.13. The quantitative estimate of drug-likeness (QED) is 0.868. The van der Waals surface area contributed by atoms with E-state index in [1.54, 1.807) is 11.3 Å². The number of benzene rings is 1. The fourth-order valence-corrected chi connectivity index (χ4v) is 3.06. The number of hydrogen-bond acceptors (Lipinski definition) is 3. The fraction of sp³-hybridized carbons (Fsp3) is 0.438. The standard InChI is InChI=1S/C16H22N2S/c1-11(2)15(14-8-6-5-7-9-14)18-13(4)16-17-12(3)10-19-16/h5-11,13,15,18H,1-4H3. The molecule has 0 radical (unpaired) electrons. The molecule has 102 valence electrons. The molecule has 1 heterocycles. The molecule has 3 heteroatoms. The molecule has 2 atom stereocenters. The third-order valence-corrected chi connectivity index (χ3v) is 4.41. The average molecular weight is 274 g/mol. The lowest BCUT2D eigenvalue weighted by molar-refractivity contribution is 0.374. The molecule has 0 aliphatic carbocycles. The van der Waals surface area contributed by atoms with Crippen LogP contribution in [0, 0.1) is 12.8 Å². The Morgan fingerprint density at radius 1 is 1.11 bits per heavy atom. The van der Waals surface area contributed by atoms with Gasteiger partial charge in [0.15, 0.2) is 0 Å². The fourth-order valence-electron chi connectivity index (χ4n) is 2.25. The molecule has 0 saturated heterocycles. The Hall–Kier alpha value is -1.19. The molecular formula is C16H22N2S. The van der Waals surface area contributed by atoms with Gasteiger partial charge >= 0.3 is 0 Å². The summed E-state index contributed by atoms with van der Waals surface area (Å²) in [6.07, 6.45) is 0. The van der Waals surface area contributed by atoms with Gasteiger partial charge in [-0.2, -0.15) is 0 Å². The summed E-state index contributed by atoms with van der Waals surface area (Å²) in [5.74, 6) is 0.547. The van der Waals surface area contributed by atoms with Gasteiger partial charge in [-0.1, -0.05) is 44.2 Å². The highest BCUT2D eigenvalue weighted by atomic mass is 32.1. The molecular weight excluding hydrogens is 252 g/mol. The Morgan fingerprint density at radius 3 is 2.32 bits per heavy atom. The summed E-state index contributed by atoms with van der Waals surface area (Å²) in [5.41, 5.74) is 2.45. The van der Waals surface area contributed by atoms with Gasteiger partial charge in [0.25, 0.3) is 0 Å². The monoisotopic (exact) mass is 274 g/mol. The molecule has 0 spiro atoms. The third-order valence-electron chi connectivity index (χ3n) is 3.26. The third kappa shape index (κ3) is 3.64. The van der Waals surface area contributed by atoms with Crippen molar-refractivity contribution < 1.29 is 0 Å². The highest BCUT2D eigenvalue weighted by molar-refractivity contribution is 7.09. The maximum Gasteiger partial charge on any atom is 0.110 e.